The van der Waals surface area contributed by atoms with Crippen molar-refractivity contribution in [3.63, 3.8) is 0 Å². The predicted molar refractivity (Wildman–Crippen MR) is 102 cm³/mol. The second-order valence-corrected chi connectivity index (χ2v) is 6.19. The number of ether oxygens (including phenoxy) is 2. The number of benzene rings is 2. The molecular formula is C19H21N3O5. The standard InChI is InChI=1S/C19H21N3O5/c1-26-15-7-5-14(6-8-15)21-19(23)13-4-9-17(18(11-13)22(24)25)20-12-16-3-2-10-27-16/h4-9,11,16,20H,2-3,10,12H2,1H3,(H,21,23)/t16-/m0/s1. The third-order valence-electron chi connectivity index (χ3n) is 4.35. The van der Waals surface area contributed by atoms with Gasteiger partial charge in [-0.15, -0.1) is 0 Å². The molecule has 142 valence electrons. The molecule has 1 fully saturated rings. The summed E-state index contributed by atoms with van der Waals surface area (Å²) < 4.78 is 10.6. The van der Waals surface area contributed by atoms with Crippen LogP contribution < -0.4 is 15.4 Å². The summed E-state index contributed by atoms with van der Waals surface area (Å²) in [5.41, 5.74) is 1.01. The number of nitrogens with zero attached hydrogens (tertiary/aromatic N) is 1. The minimum Gasteiger partial charge on any atom is -0.497 e. The molecule has 2 aromatic carbocycles. The van der Waals surface area contributed by atoms with Crippen LogP contribution in [0.2, 0.25) is 0 Å². The van der Waals surface area contributed by atoms with Gasteiger partial charge in [0.05, 0.1) is 18.1 Å². The van der Waals surface area contributed by atoms with Crippen LogP contribution in [-0.4, -0.2) is 37.2 Å². The van der Waals surface area contributed by atoms with Crippen LogP contribution in [0.25, 0.3) is 0 Å². The number of nitro groups is 1. The molecule has 27 heavy (non-hydrogen) atoms. The van der Waals surface area contributed by atoms with E-state index >= 15 is 0 Å². The first-order valence-corrected chi connectivity index (χ1v) is 8.66. The molecule has 8 heteroatoms. The fraction of sp³-hybridized carbons (Fsp3) is 0.316. The number of hydrogen-bond acceptors (Lipinski definition) is 6. The first kappa shape index (κ1) is 18.7. The van der Waals surface area contributed by atoms with E-state index in [1.54, 1.807) is 43.5 Å². The van der Waals surface area contributed by atoms with Gasteiger partial charge in [0, 0.05) is 30.5 Å². The van der Waals surface area contributed by atoms with Gasteiger partial charge in [0.2, 0.25) is 0 Å². The minimum atomic E-state index is -0.498. The maximum atomic E-state index is 12.4. The summed E-state index contributed by atoms with van der Waals surface area (Å²) in [6.45, 7) is 1.22. The van der Waals surface area contributed by atoms with Gasteiger partial charge >= 0.3 is 0 Å². The normalized spacial score (nSPS) is 16.0. The van der Waals surface area contributed by atoms with Crippen LogP contribution in [0.3, 0.4) is 0 Å². The molecule has 1 saturated heterocycles. The molecule has 1 atom stereocenters. The minimum absolute atomic E-state index is 0.0580. The second kappa shape index (κ2) is 8.50. The van der Waals surface area contributed by atoms with Gasteiger partial charge in [-0.1, -0.05) is 0 Å². The van der Waals surface area contributed by atoms with Crippen molar-refractivity contribution in [1.82, 2.24) is 0 Å². The number of amides is 1. The quantitative estimate of drug-likeness (QED) is 0.571. The molecule has 0 spiro atoms. The van der Waals surface area contributed by atoms with E-state index in [2.05, 4.69) is 10.6 Å². The fourth-order valence-electron chi connectivity index (χ4n) is 2.88. The third kappa shape index (κ3) is 4.73. The van der Waals surface area contributed by atoms with Crippen molar-refractivity contribution in [1.29, 1.82) is 0 Å². The lowest BCUT2D eigenvalue weighted by Crippen LogP contribution is -2.19. The zero-order valence-corrected chi connectivity index (χ0v) is 14.9. The number of carbonyl (C=O) groups excluding carboxylic acids is 1. The molecule has 0 aliphatic carbocycles. The largest absolute Gasteiger partial charge is 0.497 e. The van der Waals surface area contributed by atoms with Crippen LogP contribution in [0.4, 0.5) is 17.1 Å². The van der Waals surface area contributed by atoms with Crippen LogP contribution in [0.1, 0.15) is 23.2 Å². The Morgan fingerprint density at radius 2 is 2.07 bits per heavy atom. The zero-order chi connectivity index (χ0) is 19.2. The average molecular weight is 371 g/mol. The Hall–Kier alpha value is -3.13. The second-order valence-electron chi connectivity index (χ2n) is 6.19. The molecule has 0 bridgehead atoms. The maximum absolute atomic E-state index is 12.4. The molecule has 3 rings (SSSR count). The Labute approximate surface area is 156 Å². The Morgan fingerprint density at radius 1 is 1.30 bits per heavy atom. The highest BCUT2D eigenvalue weighted by Crippen LogP contribution is 2.27. The Morgan fingerprint density at radius 3 is 2.70 bits per heavy atom. The van der Waals surface area contributed by atoms with E-state index in [9.17, 15) is 14.9 Å². The summed E-state index contributed by atoms with van der Waals surface area (Å²) in [5, 5.41) is 17.2. The fourth-order valence-corrected chi connectivity index (χ4v) is 2.88. The zero-order valence-electron chi connectivity index (χ0n) is 14.9. The van der Waals surface area contributed by atoms with Crippen molar-refractivity contribution < 1.29 is 19.2 Å². The van der Waals surface area contributed by atoms with E-state index in [1.165, 1.54) is 6.07 Å². The number of carbonyl (C=O) groups is 1. The lowest BCUT2D eigenvalue weighted by molar-refractivity contribution is -0.384. The highest BCUT2D eigenvalue weighted by Gasteiger charge is 2.20. The highest BCUT2D eigenvalue weighted by molar-refractivity contribution is 6.05. The summed E-state index contributed by atoms with van der Waals surface area (Å²) in [6, 6.07) is 11.2. The average Bonchev–Trinajstić information content (AvgIpc) is 3.20. The van der Waals surface area contributed by atoms with Gasteiger partial charge in [0.25, 0.3) is 11.6 Å². The van der Waals surface area contributed by atoms with Gasteiger partial charge in [0.1, 0.15) is 11.4 Å². The van der Waals surface area contributed by atoms with Gasteiger partial charge in [-0.2, -0.15) is 0 Å². The van der Waals surface area contributed by atoms with Gasteiger partial charge in [-0.3, -0.25) is 14.9 Å². The van der Waals surface area contributed by atoms with Gasteiger partial charge in [-0.25, -0.2) is 0 Å². The summed E-state index contributed by atoms with van der Waals surface area (Å²) in [7, 11) is 1.56. The van der Waals surface area contributed by atoms with Crippen molar-refractivity contribution in [3.05, 3.63) is 58.1 Å². The van der Waals surface area contributed by atoms with Crippen LogP contribution in [0.15, 0.2) is 42.5 Å². The van der Waals surface area contributed by atoms with E-state index in [1.807, 2.05) is 0 Å². The number of nitrogens with one attached hydrogen (secondary N) is 2. The number of hydrogen-bond donors (Lipinski definition) is 2. The van der Waals surface area contributed by atoms with E-state index in [0.717, 1.165) is 19.4 Å². The van der Waals surface area contributed by atoms with Crippen molar-refractivity contribution in [3.8, 4) is 5.75 Å². The first-order valence-electron chi connectivity index (χ1n) is 8.66. The Bertz CT molecular complexity index is 817. The molecule has 0 aromatic heterocycles. The van der Waals surface area contributed by atoms with Crippen molar-refractivity contribution in [2.45, 2.75) is 18.9 Å². The first-order chi connectivity index (χ1) is 13.1. The molecule has 2 N–H and O–H groups in total. The van der Waals surface area contributed by atoms with Gasteiger partial charge in [-0.05, 0) is 49.2 Å². The molecular weight excluding hydrogens is 350 g/mol. The Kier molecular flexibility index (Phi) is 5.87. The van der Waals surface area contributed by atoms with E-state index in [0.29, 0.717) is 23.7 Å². The van der Waals surface area contributed by atoms with E-state index < -0.39 is 10.8 Å². The molecule has 0 radical (unpaired) electrons. The van der Waals surface area contributed by atoms with Gasteiger partial charge < -0.3 is 20.1 Å². The van der Waals surface area contributed by atoms with Crippen LogP contribution in [0.5, 0.6) is 5.75 Å². The molecule has 0 unspecified atom stereocenters. The molecule has 1 heterocycles. The smallest absolute Gasteiger partial charge is 0.293 e. The van der Waals surface area contributed by atoms with E-state index in [-0.39, 0.29) is 17.4 Å². The lowest BCUT2D eigenvalue weighted by atomic mass is 10.1. The summed E-state index contributed by atoms with van der Waals surface area (Å²) >= 11 is 0. The number of nitro benzene ring substituents is 1. The predicted octanol–water partition coefficient (Wildman–Crippen LogP) is 3.45. The van der Waals surface area contributed by atoms with Crippen molar-refractivity contribution in [2.24, 2.45) is 0 Å². The van der Waals surface area contributed by atoms with Gasteiger partial charge in [0.15, 0.2) is 0 Å². The SMILES string of the molecule is COc1ccc(NC(=O)c2ccc(NC[C@@H]3CCCO3)c([N+](=O)[O-])c2)cc1. The van der Waals surface area contributed by atoms with Crippen molar-refractivity contribution >= 4 is 23.0 Å². The molecule has 1 aliphatic rings. The Balaban J connectivity index is 1.71. The number of methoxy groups -OCH3 is 1. The molecule has 8 nitrogen and oxygen atoms in total. The van der Waals surface area contributed by atoms with Crippen LogP contribution >= 0.6 is 0 Å². The summed E-state index contributed by atoms with van der Waals surface area (Å²) in [5.74, 6) is 0.249. The van der Waals surface area contributed by atoms with Crippen LogP contribution in [0, 0.1) is 10.1 Å². The number of rotatable bonds is 7. The summed E-state index contributed by atoms with van der Waals surface area (Å²) in [4.78, 5) is 23.3. The van der Waals surface area contributed by atoms with E-state index in [4.69, 9.17) is 9.47 Å². The molecule has 0 saturated carbocycles. The lowest BCUT2D eigenvalue weighted by Gasteiger charge is -2.13. The highest BCUT2D eigenvalue weighted by atomic mass is 16.6. The molecule has 2 aromatic rings. The van der Waals surface area contributed by atoms with Crippen LogP contribution in [-0.2, 0) is 4.74 Å². The molecule has 1 amide bonds. The third-order valence-corrected chi connectivity index (χ3v) is 4.35. The maximum Gasteiger partial charge on any atom is 0.293 e. The molecule has 1 aliphatic heterocycles. The monoisotopic (exact) mass is 371 g/mol. The summed E-state index contributed by atoms with van der Waals surface area (Å²) in [6.07, 6.45) is 1.99. The number of anilines is 2. The van der Waals surface area contributed by atoms with Crippen molar-refractivity contribution in [2.75, 3.05) is 30.9 Å². The topological polar surface area (TPSA) is 103 Å².